The van der Waals surface area contributed by atoms with Crippen LogP contribution < -0.4 is 5.32 Å². The van der Waals surface area contributed by atoms with Crippen LogP contribution in [0.25, 0.3) is 0 Å². The monoisotopic (exact) mass is 277 g/mol. The van der Waals surface area contributed by atoms with E-state index in [-0.39, 0.29) is 18.6 Å². The predicted molar refractivity (Wildman–Crippen MR) is 77.0 cm³/mol. The van der Waals surface area contributed by atoms with Gasteiger partial charge >= 0.3 is 0 Å². The summed E-state index contributed by atoms with van der Waals surface area (Å²) in [7, 11) is 0. The van der Waals surface area contributed by atoms with Gasteiger partial charge in [0.15, 0.2) is 0 Å². The Morgan fingerprint density at radius 3 is 2.84 bits per heavy atom. The summed E-state index contributed by atoms with van der Waals surface area (Å²) in [6.07, 6.45) is 4.39. The number of hydrogen-bond donors (Lipinski definition) is 2. The lowest BCUT2D eigenvalue weighted by atomic mass is 10.0. The van der Waals surface area contributed by atoms with Gasteiger partial charge in [0.05, 0.1) is 6.04 Å². The van der Waals surface area contributed by atoms with E-state index in [0.29, 0.717) is 0 Å². The van der Waals surface area contributed by atoms with Crippen molar-refractivity contribution in [2.75, 3.05) is 13.2 Å². The summed E-state index contributed by atoms with van der Waals surface area (Å²) in [6.45, 7) is 3.01. The zero-order valence-electron chi connectivity index (χ0n) is 11.0. The van der Waals surface area contributed by atoms with Crippen molar-refractivity contribution >= 4 is 11.3 Å². The molecule has 0 aliphatic rings. The smallest absolute Gasteiger partial charge is 0.109 e. The molecule has 2 aromatic rings. The Balaban J connectivity index is 1.83. The van der Waals surface area contributed by atoms with Gasteiger partial charge in [-0.25, -0.2) is 4.98 Å². The lowest BCUT2D eigenvalue weighted by molar-refractivity contribution is 0.218. The van der Waals surface area contributed by atoms with E-state index in [1.807, 2.05) is 29.8 Å². The van der Waals surface area contributed by atoms with Crippen LogP contribution in [0.2, 0.25) is 0 Å². The third-order valence-corrected chi connectivity index (χ3v) is 3.97. The number of aliphatic hydroxyl groups is 1. The van der Waals surface area contributed by atoms with Crippen molar-refractivity contribution in [2.45, 2.75) is 19.4 Å². The zero-order valence-corrected chi connectivity index (χ0v) is 11.8. The van der Waals surface area contributed by atoms with Crippen LogP contribution in [0.3, 0.4) is 0 Å². The summed E-state index contributed by atoms with van der Waals surface area (Å²) in [5.74, 6) is 0.178. The molecule has 102 valence electrons. The lowest BCUT2D eigenvalue weighted by Gasteiger charge is -2.17. The summed E-state index contributed by atoms with van der Waals surface area (Å²) >= 11 is 1.65. The number of nitrogens with zero attached hydrogens (tertiary/aromatic N) is 2. The highest BCUT2D eigenvalue weighted by atomic mass is 32.1. The molecule has 0 radical (unpaired) electrons. The standard InChI is InChI=1S/C14H19N3OS/c1-11(14-16-6-7-19-14)17-9-12(10-18)8-13-4-2-3-5-15-13/h2-7,11-12,17-18H,8-10H2,1H3. The molecule has 2 aromatic heterocycles. The van der Waals surface area contributed by atoms with Gasteiger partial charge < -0.3 is 10.4 Å². The van der Waals surface area contributed by atoms with Gasteiger partial charge in [0, 0.05) is 36.6 Å². The van der Waals surface area contributed by atoms with Crippen molar-refractivity contribution in [3.63, 3.8) is 0 Å². The van der Waals surface area contributed by atoms with Crippen LogP contribution in [0, 0.1) is 5.92 Å². The highest BCUT2D eigenvalue weighted by Gasteiger charge is 2.13. The molecule has 2 rings (SSSR count). The summed E-state index contributed by atoms with van der Waals surface area (Å²) in [5, 5.41) is 15.9. The Kier molecular flexibility index (Phi) is 5.44. The molecule has 0 aromatic carbocycles. The number of hydrogen-bond acceptors (Lipinski definition) is 5. The molecule has 0 bridgehead atoms. The molecule has 0 amide bonds. The summed E-state index contributed by atoms with van der Waals surface area (Å²) in [4.78, 5) is 8.58. The first-order chi connectivity index (χ1) is 9.29. The molecule has 19 heavy (non-hydrogen) atoms. The predicted octanol–water partition coefficient (Wildman–Crippen LogP) is 2.04. The highest BCUT2D eigenvalue weighted by Crippen LogP contribution is 2.15. The second-order valence-electron chi connectivity index (χ2n) is 4.57. The van der Waals surface area contributed by atoms with E-state index in [1.54, 1.807) is 17.5 Å². The SMILES string of the molecule is CC(NCC(CO)Cc1ccccn1)c1nccs1. The second-order valence-corrected chi connectivity index (χ2v) is 5.50. The maximum atomic E-state index is 9.45. The molecule has 2 unspecified atom stereocenters. The molecule has 0 aliphatic heterocycles. The Morgan fingerprint density at radius 1 is 1.32 bits per heavy atom. The van der Waals surface area contributed by atoms with Crippen molar-refractivity contribution in [2.24, 2.45) is 5.92 Å². The normalized spacial score (nSPS) is 14.2. The second kappa shape index (κ2) is 7.33. The number of aliphatic hydroxyl groups excluding tert-OH is 1. The van der Waals surface area contributed by atoms with E-state index in [9.17, 15) is 5.11 Å². The number of rotatable bonds is 7. The van der Waals surface area contributed by atoms with Crippen LogP contribution in [0.1, 0.15) is 23.7 Å². The highest BCUT2D eigenvalue weighted by molar-refractivity contribution is 7.09. The van der Waals surface area contributed by atoms with Gasteiger partial charge in [-0.3, -0.25) is 4.98 Å². The Morgan fingerprint density at radius 2 is 2.21 bits per heavy atom. The van der Waals surface area contributed by atoms with Gasteiger partial charge in [0.25, 0.3) is 0 Å². The molecule has 4 nitrogen and oxygen atoms in total. The summed E-state index contributed by atoms with van der Waals surface area (Å²) in [5.41, 5.74) is 1.02. The Hall–Kier alpha value is -1.30. The number of nitrogens with one attached hydrogen (secondary N) is 1. The lowest BCUT2D eigenvalue weighted by Crippen LogP contribution is -2.29. The van der Waals surface area contributed by atoms with Gasteiger partial charge in [-0.05, 0) is 31.4 Å². The van der Waals surface area contributed by atoms with Crippen LogP contribution >= 0.6 is 11.3 Å². The van der Waals surface area contributed by atoms with Crippen molar-refractivity contribution in [3.8, 4) is 0 Å². The quantitative estimate of drug-likeness (QED) is 0.813. The molecule has 0 spiro atoms. The molecular weight excluding hydrogens is 258 g/mol. The van der Waals surface area contributed by atoms with Crippen molar-refractivity contribution in [1.29, 1.82) is 0 Å². The maximum Gasteiger partial charge on any atom is 0.109 e. The van der Waals surface area contributed by atoms with Crippen LogP contribution in [-0.4, -0.2) is 28.2 Å². The third-order valence-electron chi connectivity index (χ3n) is 3.02. The molecule has 5 heteroatoms. The average Bonchev–Trinajstić information content (AvgIpc) is 2.98. The van der Waals surface area contributed by atoms with Gasteiger partial charge in [0.2, 0.25) is 0 Å². The van der Waals surface area contributed by atoms with E-state index >= 15 is 0 Å². The molecule has 2 atom stereocenters. The first-order valence-corrected chi connectivity index (χ1v) is 7.31. The number of thiazole rings is 1. The Bertz CT molecular complexity index is 461. The maximum absolute atomic E-state index is 9.45. The fourth-order valence-corrected chi connectivity index (χ4v) is 2.57. The van der Waals surface area contributed by atoms with E-state index in [0.717, 1.165) is 23.7 Å². The topological polar surface area (TPSA) is 58.0 Å². The molecular formula is C14H19N3OS. The van der Waals surface area contributed by atoms with Crippen LogP contribution in [0.15, 0.2) is 36.0 Å². The molecule has 0 fully saturated rings. The molecule has 0 saturated carbocycles. The minimum Gasteiger partial charge on any atom is -0.396 e. The number of aromatic nitrogens is 2. The van der Waals surface area contributed by atoms with Gasteiger partial charge in [-0.2, -0.15) is 0 Å². The third kappa shape index (κ3) is 4.38. The van der Waals surface area contributed by atoms with Crippen molar-refractivity contribution in [1.82, 2.24) is 15.3 Å². The molecule has 0 saturated heterocycles. The fraction of sp³-hybridized carbons (Fsp3) is 0.429. The molecule has 2 heterocycles. The van der Waals surface area contributed by atoms with E-state index < -0.39 is 0 Å². The van der Waals surface area contributed by atoms with Gasteiger partial charge in [-0.1, -0.05) is 6.07 Å². The van der Waals surface area contributed by atoms with Crippen LogP contribution in [-0.2, 0) is 6.42 Å². The molecule has 2 N–H and O–H groups in total. The average molecular weight is 277 g/mol. The largest absolute Gasteiger partial charge is 0.396 e. The zero-order chi connectivity index (χ0) is 13.5. The molecule has 0 aliphatic carbocycles. The first-order valence-electron chi connectivity index (χ1n) is 6.43. The minimum absolute atomic E-state index is 0.161. The van der Waals surface area contributed by atoms with Gasteiger partial charge in [0.1, 0.15) is 5.01 Å². The van der Waals surface area contributed by atoms with E-state index in [1.165, 1.54) is 0 Å². The fourth-order valence-electron chi connectivity index (χ4n) is 1.89. The van der Waals surface area contributed by atoms with Crippen molar-refractivity contribution in [3.05, 3.63) is 46.7 Å². The van der Waals surface area contributed by atoms with Crippen LogP contribution in [0.4, 0.5) is 0 Å². The van der Waals surface area contributed by atoms with Crippen LogP contribution in [0.5, 0.6) is 0 Å². The summed E-state index contributed by atoms with van der Waals surface area (Å²) in [6, 6.07) is 6.09. The van der Waals surface area contributed by atoms with E-state index in [2.05, 4.69) is 22.2 Å². The Labute approximate surface area is 117 Å². The van der Waals surface area contributed by atoms with Gasteiger partial charge in [-0.15, -0.1) is 11.3 Å². The number of pyridine rings is 1. The first kappa shape index (κ1) is 14.1. The van der Waals surface area contributed by atoms with E-state index in [4.69, 9.17) is 0 Å². The summed E-state index contributed by atoms with van der Waals surface area (Å²) < 4.78 is 0. The minimum atomic E-state index is 0.161. The van der Waals surface area contributed by atoms with Crippen molar-refractivity contribution < 1.29 is 5.11 Å².